The van der Waals surface area contributed by atoms with Gasteiger partial charge in [-0.3, -0.25) is 15.1 Å². The van der Waals surface area contributed by atoms with Crippen LogP contribution < -0.4 is 10.8 Å². The molecule has 166 valence electrons. The Bertz CT molecular complexity index is 1090. The Balaban J connectivity index is 1.89. The van der Waals surface area contributed by atoms with Gasteiger partial charge in [-0.1, -0.05) is 23.7 Å². The number of halogens is 2. The lowest BCUT2D eigenvalue weighted by atomic mass is 9.87. The molecule has 0 aliphatic heterocycles. The molecule has 1 amide bonds. The average molecular weight is 530 g/mol. The zero-order chi connectivity index (χ0) is 22.6. The van der Waals surface area contributed by atoms with Crippen LogP contribution in [0.1, 0.15) is 30.7 Å². The summed E-state index contributed by atoms with van der Waals surface area (Å²) < 4.78 is 24.4. The molecule has 3 rings (SSSR count). The first-order valence-corrected chi connectivity index (χ1v) is 12.5. The molecule has 2 atom stereocenters. The van der Waals surface area contributed by atoms with Crippen molar-refractivity contribution in [1.29, 1.82) is 0 Å². The number of aromatic nitrogens is 2. The highest BCUT2D eigenvalue weighted by Crippen LogP contribution is 2.35. The molecule has 0 spiro atoms. The number of rotatable bonds is 8. The molecule has 1 aliphatic carbocycles. The van der Waals surface area contributed by atoms with E-state index in [1.807, 2.05) is 0 Å². The fourth-order valence-electron chi connectivity index (χ4n) is 3.52. The van der Waals surface area contributed by atoms with Gasteiger partial charge in [-0.2, -0.15) is 0 Å². The third-order valence-electron chi connectivity index (χ3n) is 4.94. The van der Waals surface area contributed by atoms with E-state index in [1.54, 1.807) is 19.2 Å². The fourth-order valence-corrected chi connectivity index (χ4v) is 5.06. The van der Waals surface area contributed by atoms with E-state index in [2.05, 4.69) is 42.8 Å². The monoisotopic (exact) mass is 528 g/mol. The van der Waals surface area contributed by atoms with Crippen LogP contribution in [0.15, 0.2) is 51.9 Å². The van der Waals surface area contributed by atoms with Crippen molar-refractivity contribution in [3.05, 3.63) is 57.6 Å². The first-order valence-electron chi connectivity index (χ1n) is 9.45. The quantitative estimate of drug-likeness (QED) is 0.500. The van der Waals surface area contributed by atoms with Crippen LogP contribution in [-0.2, 0) is 19.5 Å². The normalized spacial score (nSPS) is 17.2. The van der Waals surface area contributed by atoms with E-state index in [4.69, 9.17) is 16.4 Å². The van der Waals surface area contributed by atoms with Gasteiger partial charge in [-0.15, -0.1) is 0 Å². The first kappa shape index (κ1) is 23.6. The van der Waals surface area contributed by atoms with E-state index in [0.29, 0.717) is 22.4 Å². The zero-order valence-electron chi connectivity index (χ0n) is 16.9. The van der Waals surface area contributed by atoms with E-state index < -0.39 is 15.8 Å². The van der Waals surface area contributed by atoms with Crippen LogP contribution in [0.25, 0.3) is 0 Å². The summed E-state index contributed by atoms with van der Waals surface area (Å²) in [5, 5.41) is 2.87. The molecule has 0 saturated carbocycles. The maximum absolute atomic E-state index is 13.2. The van der Waals surface area contributed by atoms with Crippen molar-refractivity contribution in [3.63, 3.8) is 0 Å². The van der Waals surface area contributed by atoms with E-state index in [0.717, 1.165) is 24.8 Å². The Morgan fingerprint density at radius 2 is 2.13 bits per heavy atom. The van der Waals surface area contributed by atoms with Crippen LogP contribution in [0.2, 0.25) is 5.02 Å². The molecule has 1 aliphatic rings. The molecule has 0 radical (unpaired) electrons. The lowest BCUT2D eigenvalue weighted by Gasteiger charge is -2.20. The van der Waals surface area contributed by atoms with Gasteiger partial charge < -0.3 is 5.32 Å². The van der Waals surface area contributed by atoms with Crippen LogP contribution in [0.5, 0.6) is 0 Å². The number of anilines is 1. The molecule has 8 nitrogen and oxygen atoms in total. The van der Waals surface area contributed by atoms with Gasteiger partial charge in [0.2, 0.25) is 5.91 Å². The summed E-state index contributed by atoms with van der Waals surface area (Å²) in [5.74, 6) is -0.389. The maximum atomic E-state index is 13.2. The largest absolute Gasteiger partial charge is 0.309 e. The lowest BCUT2D eigenvalue weighted by Crippen LogP contribution is -2.23. The Kier molecular flexibility index (Phi) is 7.68. The highest BCUT2D eigenvalue weighted by Gasteiger charge is 2.28. The summed E-state index contributed by atoms with van der Waals surface area (Å²) in [5.41, 5.74) is 4.44. The second kappa shape index (κ2) is 10.1. The Hall–Kier alpha value is -2.01. The second-order valence-corrected chi connectivity index (χ2v) is 10.5. The van der Waals surface area contributed by atoms with Crippen molar-refractivity contribution in [3.8, 4) is 0 Å². The summed E-state index contributed by atoms with van der Waals surface area (Å²) in [6, 6.07) is 4.62. The van der Waals surface area contributed by atoms with Crippen LogP contribution in [-0.4, -0.2) is 37.7 Å². The van der Waals surface area contributed by atoms with Crippen LogP contribution in [0, 0.1) is 5.92 Å². The minimum absolute atomic E-state index is 0.0307. The molecule has 1 heterocycles. The summed E-state index contributed by atoms with van der Waals surface area (Å²) in [6.45, 7) is 0. The number of hydrogen-bond acceptors (Lipinski definition) is 7. The van der Waals surface area contributed by atoms with Crippen LogP contribution in [0.4, 0.5) is 5.82 Å². The average Bonchev–Trinajstić information content (AvgIpc) is 3.14. The topological polar surface area (TPSA) is 110 Å². The molecule has 2 N–H and O–H groups in total. The van der Waals surface area contributed by atoms with Crippen LogP contribution in [0.3, 0.4) is 0 Å². The van der Waals surface area contributed by atoms with E-state index in [1.165, 1.54) is 18.5 Å². The number of hydroxylamine groups is 1. The number of nitrogens with one attached hydrogen (secondary N) is 2. The number of allylic oxidation sites excluding steroid dienone is 2. The van der Waals surface area contributed by atoms with Gasteiger partial charge >= 0.3 is 0 Å². The predicted octanol–water partition coefficient (Wildman–Crippen LogP) is 3.85. The Labute approximate surface area is 194 Å². The summed E-state index contributed by atoms with van der Waals surface area (Å²) in [4.78, 5) is 26.4. The van der Waals surface area contributed by atoms with Crippen molar-refractivity contribution in [2.24, 2.45) is 5.92 Å². The number of amides is 1. The second-order valence-electron chi connectivity index (χ2n) is 7.26. The number of carbonyl (C=O) groups is 1. The number of carbonyl (C=O) groups excluding carboxylic acids is 1. The molecular weight excluding hydrogens is 508 g/mol. The van der Waals surface area contributed by atoms with Crippen molar-refractivity contribution in [2.45, 2.75) is 30.1 Å². The molecule has 31 heavy (non-hydrogen) atoms. The van der Waals surface area contributed by atoms with Gasteiger partial charge in [-0.25, -0.2) is 18.4 Å². The van der Waals surface area contributed by atoms with Crippen molar-refractivity contribution in [2.75, 3.05) is 18.7 Å². The summed E-state index contributed by atoms with van der Waals surface area (Å²) in [7, 11) is -1.92. The summed E-state index contributed by atoms with van der Waals surface area (Å²) in [6.07, 6.45) is 8.29. The molecule has 11 heteroatoms. The Morgan fingerprint density at radius 1 is 1.35 bits per heavy atom. The minimum atomic E-state index is -3.47. The molecule has 0 bridgehead atoms. The van der Waals surface area contributed by atoms with E-state index in [9.17, 15) is 13.2 Å². The van der Waals surface area contributed by atoms with Gasteiger partial charge in [-0.05, 0) is 58.8 Å². The van der Waals surface area contributed by atoms with Gasteiger partial charge in [0.15, 0.2) is 15.7 Å². The van der Waals surface area contributed by atoms with Crippen molar-refractivity contribution < 1.29 is 18.0 Å². The highest BCUT2D eigenvalue weighted by atomic mass is 79.9. The SMILES string of the molecule is CONC1=CC(CC(C(=O)Nc2cnc(Br)cn2)c2ccc(S(C)(=O)=O)c(Cl)c2)CC1. The Morgan fingerprint density at radius 3 is 2.74 bits per heavy atom. The number of hydrogen-bond donors (Lipinski definition) is 2. The van der Waals surface area contributed by atoms with Crippen molar-refractivity contribution in [1.82, 2.24) is 15.4 Å². The molecule has 0 fully saturated rings. The smallest absolute Gasteiger partial charge is 0.233 e. The predicted molar refractivity (Wildman–Crippen MR) is 121 cm³/mol. The lowest BCUT2D eigenvalue weighted by molar-refractivity contribution is -0.117. The van der Waals surface area contributed by atoms with Gasteiger partial charge in [0.25, 0.3) is 0 Å². The summed E-state index contributed by atoms with van der Waals surface area (Å²) >= 11 is 9.46. The van der Waals surface area contributed by atoms with Gasteiger partial charge in [0.1, 0.15) is 4.60 Å². The molecule has 2 aromatic rings. The highest BCUT2D eigenvalue weighted by molar-refractivity contribution is 9.10. The number of nitrogens with zero attached hydrogens (tertiary/aromatic N) is 2. The van der Waals surface area contributed by atoms with Gasteiger partial charge in [0.05, 0.1) is 35.3 Å². The molecule has 2 unspecified atom stereocenters. The van der Waals surface area contributed by atoms with Crippen molar-refractivity contribution >= 4 is 49.1 Å². The first-order chi connectivity index (χ1) is 14.7. The number of benzene rings is 1. The number of sulfone groups is 1. The van der Waals surface area contributed by atoms with E-state index in [-0.39, 0.29) is 21.7 Å². The maximum Gasteiger partial charge on any atom is 0.233 e. The zero-order valence-corrected chi connectivity index (χ0v) is 20.1. The standard InChI is InChI=1S/C20H22BrClN4O4S/c1-30-26-14-5-3-12(7-14)8-15(20(27)25-19-11-23-18(21)10-24-19)13-4-6-17(16(22)9-13)31(2,28)29/h4,6-7,9-12,15,26H,3,5,8H2,1-2H3,(H,24,25,27). The third kappa shape index (κ3) is 6.25. The molecule has 1 aromatic carbocycles. The van der Waals surface area contributed by atoms with Crippen LogP contribution >= 0.6 is 27.5 Å². The third-order valence-corrected chi connectivity index (χ3v) is 6.93. The van der Waals surface area contributed by atoms with E-state index >= 15 is 0 Å². The fraction of sp³-hybridized carbons (Fsp3) is 0.350. The molecule has 1 aromatic heterocycles. The van der Waals surface area contributed by atoms with Gasteiger partial charge in [0, 0.05) is 12.0 Å². The molecular formula is C20H22BrClN4O4S. The molecule has 0 saturated heterocycles. The minimum Gasteiger partial charge on any atom is -0.309 e.